The van der Waals surface area contributed by atoms with E-state index in [4.69, 9.17) is 0 Å². The number of hydrogen-bond acceptors (Lipinski definition) is 4. The summed E-state index contributed by atoms with van der Waals surface area (Å²) in [6, 6.07) is 7.84. The Kier molecular flexibility index (Phi) is 2.63. The molecule has 1 aromatic carbocycles. The van der Waals surface area contributed by atoms with Crippen molar-refractivity contribution < 1.29 is 16.8 Å². The normalized spacial score (nSPS) is 19.4. The van der Waals surface area contributed by atoms with Crippen LogP contribution in [0.4, 0.5) is 0 Å². The second-order valence-corrected chi connectivity index (χ2v) is 7.65. The zero-order valence-electron chi connectivity index (χ0n) is 8.33. The Bertz CT molecular complexity index is 625. The van der Waals surface area contributed by atoms with Gasteiger partial charge in [-0.25, -0.2) is 16.8 Å². The van der Waals surface area contributed by atoms with E-state index in [1.165, 1.54) is 18.2 Å². The van der Waals surface area contributed by atoms with Crippen molar-refractivity contribution in [2.24, 2.45) is 0 Å². The number of benzene rings is 1. The molecule has 1 aromatic rings. The maximum atomic E-state index is 12.0. The fourth-order valence-corrected chi connectivity index (χ4v) is 5.00. The highest BCUT2D eigenvalue weighted by Gasteiger charge is 2.30. The molecule has 0 aliphatic carbocycles. The van der Waals surface area contributed by atoms with Crippen LogP contribution >= 0.6 is 0 Å². The van der Waals surface area contributed by atoms with Crippen LogP contribution in [0.15, 0.2) is 46.2 Å². The Morgan fingerprint density at radius 1 is 1.06 bits per heavy atom. The van der Waals surface area contributed by atoms with Crippen molar-refractivity contribution in [2.45, 2.75) is 4.90 Å². The molecule has 16 heavy (non-hydrogen) atoms. The van der Waals surface area contributed by atoms with E-state index in [0.29, 0.717) is 0 Å². The summed E-state index contributed by atoms with van der Waals surface area (Å²) in [7, 11) is -6.89. The Morgan fingerprint density at radius 2 is 1.69 bits per heavy atom. The molecule has 0 saturated carbocycles. The van der Waals surface area contributed by atoms with E-state index < -0.39 is 19.7 Å². The number of hydrogen-bond donors (Lipinski definition) is 0. The average Bonchev–Trinajstić information content (AvgIpc) is 2.61. The monoisotopic (exact) mass is 258 g/mol. The van der Waals surface area contributed by atoms with Gasteiger partial charge in [-0.2, -0.15) is 0 Å². The highest BCUT2D eigenvalue weighted by atomic mass is 32.2. The largest absolute Gasteiger partial charge is 0.228 e. The van der Waals surface area contributed by atoms with Crippen LogP contribution in [0.1, 0.15) is 0 Å². The average molecular weight is 258 g/mol. The third-order valence-corrected chi connectivity index (χ3v) is 5.83. The van der Waals surface area contributed by atoms with E-state index in [1.807, 2.05) is 0 Å². The van der Waals surface area contributed by atoms with E-state index in [9.17, 15) is 16.8 Å². The summed E-state index contributed by atoms with van der Waals surface area (Å²) in [6.07, 6.45) is 1.28. The molecule has 2 rings (SSSR count). The minimum atomic E-state index is -3.63. The Balaban J connectivity index is 2.44. The molecular formula is C10H10O4S2. The van der Waals surface area contributed by atoms with E-state index in [1.54, 1.807) is 18.2 Å². The predicted molar refractivity (Wildman–Crippen MR) is 60.4 cm³/mol. The SMILES string of the molecule is O=S1(=O)CC=C(S(=O)(=O)c2ccccc2)C1. The van der Waals surface area contributed by atoms with Crippen molar-refractivity contribution in [3.05, 3.63) is 41.3 Å². The molecule has 0 fully saturated rings. The Labute approximate surface area is 94.4 Å². The van der Waals surface area contributed by atoms with Gasteiger partial charge in [-0.1, -0.05) is 24.3 Å². The second kappa shape index (κ2) is 3.71. The van der Waals surface area contributed by atoms with Crippen LogP contribution < -0.4 is 0 Å². The van der Waals surface area contributed by atoms with Crippen molar-refractivity contribution in [3.63, 3.8) is 0 Å². The van der Waals surface area contributed by atoms with Gasteiger partial charge in [0, 0.05) is 0 Å². The van der Waals surface area contributed by atoms with Gasteiger partial charge in [-0.15, -0.1) is 0 Å². The zero-order valence-corrected chi connectivity index (χ0v) is 9.96. The highest BCUT2D eigenvalue weighted by molar-refractivity contribution is 7.98. The summed E-state index contributed by atoms with van der Waals surface area (Å²) >= 11 is 0. The van der Waals surface area contributed by atoms with E-state index in [-0.39, 0.29) is 21.3 Å². The molecular weight excluding hydrogens is 248 g/mol. The molecule has 86 valence electrons. The zero-order chi connectivity index (χ0) is 11.8. The molecule has 0 radical (unpaired) electrons. The smallest absolute Gasteiger partial charge is 0.203 e. The van der Waals surface area contributed by atoms with E-state index in [0.717, 1.165) is 0 Å². The molecule has 1 aliphatic rings. The molecule has 0 N–H and O–H groups in total. The maximum absolute atomic E-state index is 12.0. The van der Waals surface area contributed by atoms with E-state index in [2.05, 4.69) is 0 Å². The first-order valence-electron chi connectivity index (χ1n) is 4.61. The van der Waals surface area contributed by atoms with Crippen LogP contribution in [0.5, 0.6) is 0 Å². The summed E-state index contributed by atoms with van der Waals surface area (Å²) < 4.78 is 46.4. The standard InChI is InChI=1S/C10H10O4S2/c11-15(12)7-6-10(8-15)16(13,14)9-4-2-1-3-5-9/h1-6H,7-8H2. The molecule has 0 spiro atoms. The molecule has 6 heteroatoms. The van der Waals surface area contributed by atoms with Crippen LogP contribution in [0.2, 0.25) is 0 Å². The highest BCUT2D eigenvalue weighted by Crippen LogP contribution is 2.24. The van der Waals surface area contributed by atoms with Gasteiger partial charge in [0.2, 0.25) is 9.84 Å². The topological polar surface area (TPSA) is 68.3 Å². The molecule has 0 atom stereocenters. The summed E-state index contributed by atoms with van der Waals surface area (Å²) in [4.78, 5) is 0.122. The van der Waals surface area contributed by atoms with E-state index >= 15 is 0 Å². The van der Waals surface area contributed by atoms with Gasteiger partial charge in [0.15, 0.2) is 9.84 Å². The number of sulfone groups is 2. The number of rotatable bonds is 2. The van der Waals surface area contributed by atoms with Gasteiger partial charge in [0.05, 0.1) is 21.3 Å². The van der Waals surface area contributed by atoms with Crippen molar-refractivity contribution in [1.29, 1.82) is 0 Å². The predicted octanol–water partition coefficient (Wildman–Crippen LogP) is 0.773. The van der Waals surface area contributed by atoms with Crippen molar-refractivity contribution >= 4 is 19.7 Å². The first kappa shape index (κ1) is 11.3. The molecule has 0 aromatic heterocycles. The first-order valence-corrected chi connectivity index (χ1v) is 7.92. The van der Waals surface area contributed by atoms with Crippen molar-refractivity contribution in [2.75, 3.05) is 11.5 Å². The van der Waals surface area contributed by atoms with Gasteiger partial charge in [-0.3, -0.25) is 0 Å². The summed E-state index contributed by atoms with van der Waals surface area (Å²) in [6.45, 7) is 0. The molecule has 0 bridgehead atoms. The lowest BCUT2D eigenvalue weighted by molar-refractivity contribution is 0.596. The van der Waals surface area contributed by atoms with Gasteiger partial charge >= 0.3 is 0 Å². The summed E-state index contributed by atoms with van der Waals surface area (Å²) in [5.41, 5.74) is 0. The Morgan fingerprint density at radius 3 is 2.19 bits per heavy atom. The fourth-order valence-electron chi connectivity index (χ4n) is 1.49. The minimum Gasteiger partial charge on any atom is -0.228 e. The fraction of sp³-hybridized carbons (Fsp3) is 0.200. The molecule has 0 saturated heterocycles. The Hall–Kier alpha value is -1.14. The summed E-state index contributed by atoms with van der Waals surface area (Å²) in [5.74, 6) is -0.571. The third-order valence-electron chi connectivity index (χ3n) is 2.33. The summed E-state index contributed by atoms with van der Waals surface area (Å²) in [5, 5.41) is 0. The quantitative estimate of drug-likeness (QED) is 0.786. The van der Waals surface area contributed by atoms with Gasteiger partial charge in [0.1, 0.15) is 0 Å². The lowest BCUT2D eigenvalue weighted by atomic mass is 10.4. The van der Waals surface area contributed by atoms with Crippen LogP contribution in [-0.4, -0.2) is 28.3 Å². The van der Waals surface area contributed by atoms with Crippen molar-refractivity contribution in [3.8, 4) is 0 Å². The van der Waals surface area contributed by atoms with Crippen molar-refractivity contribution in [1.82, 2.24) is 0 Å². The second-order valence-electron chi connectivity index (χ2n) is 3.54. The maximum Gasteiger partial charge on any atom is 0.203 e. The molecule has 0 unspecified atom stereocenters. The van der Waals surface area contributed by atoms with Crippen LogP contribution in [0.25, 0.3) is 0 Å². The molecule has 0 amide bonds. The third kappa shape index (κ3) is 2.03. The molecule has 1 heterocycles. The lowest BCUT2D eigenvalue weighted by Crippen LogP contribution is -2.10. The lowest BCUT2D eigenvalue weighted by Gasteiger charge is -2.03. The van der Waals surface area contributed by atoms with Gasteiger partial charge in [-0.05, 0) is 12.1 Å². The van der Waals surface area contributed by atoms with Gasteiger partial charge in [0.25, 0.3) is 0 Å². The first-order chi connectivity index (χ1) is 7.42. The van der Waals surface area contributed by atoms with Crippen LogP contribution in [-0.2, 0) is 19.7 Å². The molecule has 1 aliphatic heterocycles. The minimum absolute atomic E-state index is 0.0151. The van der Waals surface area contributed by atoms with Crippen LogP contribution in [0.3, 0.4) is 0 Å². The van der Waals surface area contributed by atoms with Crippen LogP contribution in [0, 0.1) is 0 Å². The molecule has 4 nitrogen and oxygen atoms in total. The van der Waals surface area contributed by atoms with Gasteiger partial charge < -0.3 is 0 Å².